The van der Waals surface area contributed by atoms with Gasteiger partial charge in [0.25, 0.3) is 0 Å². The van der Waals surface area contributed by atoms with Gasteiger partial charge in [-0.25, -0.2) is 15.0 Å². The van der Waals surface area contributed by atoms with Gasteiger partial charge in [0.05, 0.1) is 0 Å². The molecule has 1 atom stereocenters. The number of fused-ring (bicyclic) bond motifs is 6. The molecule has 2 aliphatic rings. The van der Waals surface area contributed by atoms with Crippen LogP contribution >= 0.6 is 0 Å². The van der Waals surface area contributed by atoms with Crippen LogP contribution in [0.5, 0.6) is 0 Å². The van der Waals surface area contributed by atoms with Crippen LogP contribution in [0, 0.1) is 0 Å². The Morgan fingerprint density at radius 2 is 1.22 bits per heavy atom. The first kappa shape index (κ1) is 28.8. The predicted octanol–water partition coefficient (Wildman–Crippen LogP) is 11.8. The maximum absolute atomic E-state index is 6.55. The number of hydrogen-bond acceptors (Lipinski definition) is 4. The Balaban J connectivity index is 1.14. The second kappa shape index (κ2) is 11.5. The molecule has 50 heavy (non-hydrogen) atoms. The van der Waals surface area contributed by atoms with E-state index in [-0.39, 0.29) is 0 Å². The van der Waals surface area contributed by atoms with Crippen molar-refractivity contribution in [2.45, 2.75) is 32.1 Å². The summed E-state index contributed by atoms with van der Waals surface area (Å²) in [5, 5.41) is 5.77. The van der Waals surface area contributed by atoms with Crippen LogP contribution in [0.2, 0.25) is 0 Å². The van der Waals surface area contributed by atoms with Gasteiger partial charge in [0.15, 0.2) is 17.5 Å². The van der Waals surface area contributed by atoms with Crippen molar-refractivity contribution in [3.05, 3.63) is 162 Å². The summed E-state index contributed by atoms with van der Waals surface area (Å²) in [6.07, 6.45) is 9.58. The number of furan rings is 1. The van der Waals surface area contributed by atoms with E-state index in [4.69, 9.17) is 19.4 Å². The summed E-state index contributed by atoms with van der Waals surface area (Å²) in [4.78, 5) is 15.5. The quantitative estimate of drug-likeness (QED) is 0.191. The van der Waals surface area contributed by atoms with Crippen molar-refractivity contribution in [3.63, 3.8) is 0 Å². The molecule has 238 valence electrons. The molecule has 1 unspecified atom stereocenters. The second-order valence-corrected chi connectivity index (χ2v) is 13.6. The topological polar surface area (TPSA) is 51.8 Å². The first-order chi connectivity index (χ1) is 24.6. The van der Waals surface area contributed by atoms with Crippen LogP contribution < -0.4 is 0 Å². The van der Waals surface area contributed by atoms with Crippen molar-refractivity contribution in [2.75, 3.05) is 0 Å². The van der Waals surface area contributed by atoms with Crippen molar-refractivity contribution in [1.29, 1.82) is 0 Å². The molecular formula is C46H33N3O. The Bertz CT molecular complexity index is 2620. The third kappa shape index (κ3) is 4.87. The number of rotatable bonds is 4. The standard InChI is InChI=1S/C46H33N3O/c1-28-8-6-13-31-18-19-34(26-39(28)31)35-22-23-41-40(27-35)43-38(14-7-15-42(43)50-41)46-48-44(36-20-16-29-9-2-4-11-32(29)24-36)47-45(49-46)37-21-17-30-10-3-5-12-33(30)25-37/h2-6,9-14,16-28H,7-8,15H2,1H3. The first-order valence-electron chi connectivity index (χ1n) is 17.5. The smallest absolute Gasteiger partial charge is 0.164 e. The molecule has 0 amide bonds. The normalized spacial score (nSPS) is 15.3. The molecule has 0 saturated carbocycles. The van der Waals surface area contributed by atoms with E-state index in [2.05, 4.69) is 146 Å². The molecule has 0 bridgehead atoms. The van der Waals surface area contributed by atoms with E-state index in [1.54, 1.807) is 0 Å². The van der Waals surface area contributed by atoms with E-state index >= 15 is 0 Å². The highest BCUT2D eigenvalue weighted by molar-refractivity contribution is 5.99. The number of aryl methyl sites for hydroxylation is 1. The summed E-state index contributed by atoms with van der Waals surface area (Å²) >= 11 is 0. The van der Waals surface area contributed by atoms with Crippen molar-refractivity contribution >= 4 is 44.2 Å². The Morgan fingerprint density at radius 3 is 1.94 bits per heavy atom. The van der Waals surface area contributed by atoms with E-state index in [1.807, 2.05) is 0 Å². The third-order valence-corrected chi connectivity index (χ3v) is 10.4. The van der Waals surface area contributed by atoms with Gasteiger partial charge in [-0.05, 0) is 86.8 Å². The van der Waals surface area contributed by atoms with E-state index in [1.165, 1.54) is 33.0 Å². The lowest BCUT2D eigenvalue weighted by molar-refractivity contribution is 0.545. The van der Waals surface area contributed by atoms with Gasteiger partial charge in [-0.15, -0.1) is 0 Å². The van der Waals surface area contributed by atoms with Gasteiger partial charge in [0.1, 0.15) is 11.3 Å². The van der Waals surface area contributed by atoms with Crippen LogP contribution in [-0.2, 0) is 6.42 Å². The second-order valence-electron chi connectivity index (χ2n) is 13.6. The summed E-state index contributed by atoms with van der Waals surface area (Å²) in [7, 11) is 0. The number of aromatic nitrogens is 3. The zero-order chi connectivity index (χ0) is 33.2. The Morgan fingerprint density at radius 1 is 0.600 bits per heavy atom. The Labute approximate surface area is 290 Å². The molecule has 0 N–H and O–H groups in total. The first-order valence-corrected chi connectivity index (χ1v) is 17.5. The van der Waals surface area contributed by atoms with E-state index in [0.717, 1.165) is 69.0 Å². The maximum Gasteiger partial charge on any atom is 0.164 e. The molecule has 2 aromatic heterocycles. The zero-order valence-electron chi connectivity index (χ0n) is 27.7. The molecular weight excluding hydrogens is 611 g/mol. The van der Waals surface area contributed by atoms with Gasteiger partial charge < -0.3 is 4.42 Å². The molecule has 4 heteroatoms. The van der Waals surface area contributed by atoms with E-state index < -0.39 is 0 Å². The van der Waals surface area contributed by atoms with Crippen LogP contribution in [-0.4, -0.2) is 15.0 Å². The summed E-state index contributed by atoms with van der Waals surface area (Å²) in [5.41, 5.74) is 10.0. The summed E-state index contributed by atoms with van der Waals surface area (Å²) in [6.45, 7) is 2.31. The minimum Gasteiger partial charge on any atom is -0.460 e. The van der Waals surface area contributed by atoms with Crippen LogP contribution in [0.15, 0.2) is 138 Å². The maximum atomic E-state index is 6.55. The lowest BCUT2D eigenvalue weighted by Gasteiger charge is -2.19. The van der Waals surface area contributed by atoms with Gasteiger partial charge in [0.2, 0.25) is 0 Å². The van der Waals surface area contributed by atoms with Gasteiger partial charge >= 0.3 is 0 Å². The molecule has 4 nitrogen and oxygen atoms in total. The van der Waals surface area contributed by atoms with E-state index in [9.17, 15) is 0 Å². The van der Waals surface area contributed by atoms with Crippen LogP contribution in [0.3, 0.4) is 0 Å². The molecule has 2 heterocycles. The van der Waals surface area contributed by atoms with Crippen molar-refractivity contribution in [1.82, 2.24) is 15.0 Å². The lowest BCUT2D eigenvalue weighted by atomic mass is 9.86. The summed E-state index contributed by atoms with van der Waals surface area (Å²) < 4.78 is 6.55. The molecule has 0 spiro atoms. The lowest BCUT2D eigenvalue weighted by Crippen LogP contribution is -2.06. The van der Waals surface area contributed by atoms with Crippen molar-refractivity contribution in [3.8, 4) is 33.9 Å². The minimum absolute atomic E-state index is 0.507. The summed E-state index contributed by atoms with van der Waals surface area (Å²) in [6, 6.07) is 43.1. The predicted molar refractivity (Wildman–Crippen MR) is 205 cm³/mol. The highest BCUT2D eigenvalue weighted by Gasteiger charge is 2.26. The SMILES string of the molecule is CC1CC=Cc2ccc(-c3ccc4oc5c(c4c3)C(c3nc(-c4ccc6ccccc6c4)nc(-c4ccc6ccccc6c4)n3)=CCC5)cc21. The molecule has 8 aromatic rings. The minimum atomic E-state index is 0.507. The van der Waals surface area contributed by atoms with Crippen LogP contribution in [0.25, 0.3) is 78.1 Å². The zero-order valence-corrected chi connectivity index (χ0v) is 27.7. The molecule has 2 aliphatic carbocycles. The monoisotopic (exact) mass is 643 g/mol. The largest absolute Gasteiger partial charge is 0.460 e. The van der Waals surface area contributed by atoms with Crippen molar-refractivity contribution < 1.29 is 4.42 Å². The molecule has 0 fully saturated rings. The van der Waals surface area contributed by atoms with Crippen LogP contribution in [0.4, 0.5) is 0 Å². The van der Waals surface area contributed by atoms with Gasteiger partial charge in [-0.1, -0.05) is 122 Å². The Hall–Kier alpha value is -6.13. The highest BCUT2D eigenvalue weighted by Crippen LogP contribution is 2.41. The molecule has 0 saturated heterocycles. The fourth-order valence-corrected chi connectivity index (χ4v) is 7.72. The summed E-state index contributed by atoms with van der Waals surface area (Å²) in [5.74, 6) is 3.46. The number of benzene rings is 6. The van der Waals surface area contributed by atoms with Gasteiger partial charge in [-0.2, -0.15) is 0 Å². The van der Waals surface area contributed by atoms with Crippen LogP contribution in [0.1, 0.15) is 54.0 Å². The molecule has 0 radical (unpaired) electrons. The van der Waals surface area contributed by atoms with E-state index in [0.29, 0.717) is 23.4 Å². The fourth-order valence-electron chi connectivity index (χ4n) is 7.72. The number of hydrogen-bond donors (Lipinski definition) is 0. The van der Waals surface area contributed by atoms with Gasteiger partial charge in [0, 0.05) is 34.1 Å². The highest BCUT2D eigenvalue weighted by atomic mass is 16.3. The molecule has 6 aromatic carbocycles. The number of nitrogens with zero attached hydrogens (tertiary/aromatic N) is 3. The average Bonchev–Trinajstić information content (AvgIpc) is 3.56. The Kier molecular flexibility index (Phi) is 6.63. The third-order valence-electron chi connectivity index (χ3n) is 10.4. The average molecular weight is 644 g/mol. The van der Waals surface area contributed by atoms with Crippen molar-refractivity contribution in [2.24, 2.45) is 0 Å². The fraction of sp³-hybridized carbons (Fsp3) is 0.109. The number of allylic oxidation sites excluding steroid dienone is 2. The molecule has 10 rings (SSSR count). The van der Waals surface area contributed by atoms with Gasteiger partial charge in [-0.3, -0.25) is 0 Å². The molecule has 0 aliphatic heterocycles.